The summed E-state index contributed by atoms with van der Waals surface area (Å²) in [6, 6.07) is 13.3. The molecule has 0 bridgehead atoms. The highest BCUT2D eigenvalue weighted by atomic mass is 19.3. The first-order chi connectivity index (χ1) is 17.7. The first-order valence-electron chi connectivity index (χ1n) is 11.8. The van der Waals surface area contributed by atoms with E-state index in [4.69, 9.17) is 5.73 Å². The Hall–Kier alpha value is -4.19. The Bertz CT molecular complexity index is 1430. The van der Waals surface area contributed by atoms with Crippen LogP contribution < -0.4 is 16.0 Å². The molecule has 1 saturated carbocycles. The molecule has 1 aliphatic carbocycles. The molecule has 0 radical (unpaired) electrons. The van der Waals surface area contributed by atoms with Crippen LogP contribution in [0.4, 0.5) is 32.2 Å². The summed E-state index contributed by atoms with van der Waals surface area (Å²) in [7, 11) is 1.80. The quantitative estimate of drug-likeness (QED) is 0.361. The summed E-state index contributed by atoms with van der Waals surface area (Å²) in [6.07, 6.45) is 0.906. The Morgan fingerprint density at radius 3 is 2.38 bits per heavy atom. The number of halogens is 2. The molecule has 4 heterocycles. The fourth-order valence-corrected chi connectivity index (χ4v) is 5.26. The number of nitrogens with one attached hydrogen (secondary N) is 1. The Morgan fingerprint density at radius 1 is 1.00 bits per heavy atom. The number of nitrogen functional groups attached to an aromatic ring is 1. The first-order valence-corrected chi connectivity index (χ1v) is 11.8. The number of aromatic nitrogens is 6. The normalized spacial score (nSPS) is 17.5. The van der Waals surface area contributed by atoms with Crippen molar-refractivity contribution < 1.29 is 13.9 Å². The third kappa shape index (κ3) is 4.22. The number of pyridine rings is 1. The van der Waals surface area contributed by atoms with E-state index < -0.39 is 12.0 Å². The molecule has 37 heavy (non-hydrogen) atoms. The van der Waals surface area contributed by atoms with Crippen LogP contribution in [0.15, 0.2) is 54.9 Å². The van der Waals surface area contributed by atoms with Crippen LogP contribution in [0.2, 0.25) is 0 Å². The van der Waals surface area contributed by atoms with Crippen molar-refractivity contribution in [3.8, 4) is 22.6 Å². The molecule has 1 aromatic carbocycles. The molecule has 0 amide bonds. The lowest BCUT2D eigenvalue weighted by Gasteiger charge is -2.62. The molecule has 10 nitrogen and oxygen atoms in total. The average Bonchev–Trinajstić information content (AvgIpc) is 3.21. The molecule has 4 N–H and O–H groups in total. The molecule has 1 spiro atoms. The summed E-state index contributed by atoms with van der Waals surface area (Å²) in [5, 5.41) is 17.6. The summed E-state index contributed by atoms with van der Waals surface area (Å²) in [5.41, 5.74) is 6.87. The Labute approximate surface area is 211 Å². The fourth-order valence-electron chi connectivity index (χ4n) is 5.26. The molecule has 12 heteroatoms. The van der Waals surface area contributed by atoms with Gasteiger partial charge in [0.1, 0.15) is 11.4 Å². The first kappa shape index (κ1) is 23.2. The van der Waals surface area contributed by atoms with E-state index in [1.807, 2.05) is 41.3 Å². The molecular weight excluding hydrogens is 480 g/mol. The average molecular weight is 506 g/mol. The highest BCUT2D eigenvalue weighted by molar-refractivity contribution is 5.66. The largest absolute Gasteiger partial charge is 0.384 e. The van der Waals surface area contributed by atoms with Crippen molar-refractivity contribution in [3.05, 3.63) is 54.9 Å². The van der Waals surface area contributed by atoms with Crippen LogP contribution in [-0.4, -0.2) is 59.9 Å². The van der Waals surface area contributed by atoms with E-state index in [2.05, 4.69) is 30.4 Å². The van der Waals surface area contributed by atoms with E-state index in [9.17, 15) is 13.9 Å². The van der Waals surface area contributed by atoms with Gasteiger partial charge >= 0.3 is 0 Å². The summed E-state index contributed by atoms with van der Waals surface area (Å²) in [5.74, 6) is 2.09. The second-order valence-corrected chi connectivity index (χ2v) is 9.90. The van der Waals surface area contributed by atoms with E-state index in [0.717, 1.165) is 28.3 Å². The summed E-state index contributed by atoms with van der Waals surface area (Å²) >= 11 is 0. The lowest BCUT2D eigenvalue weighted by Crippen LogP contribution is -2.70. The third-order valence-electron chi connectivity index (χ3n) is 7.03. The van der Waals surface area contributed by atoms with Crippen molar-refractivity contribution in [2.45, 2.75) is 24.9 Å². The van der Waals surface area contributed by atoms with Gasteiger partial charge in [-0.2, -0.15) is 4.98 Å². The molecule has 0 unspecified atom stereocenters. The number of hydrogen-bond donors (Lipinski definition) is 3. The van der Waals surface area contributed by atoms with Crippen molar-refractivity contribution >= 4 is 23.4 Å². The predicted molar refractivity (Wildman–Crippen MR) is 134 cm³/mol. The molecule has 3 aromatic heterocycles. The number of nitrogens with two attached hydrogens (primary N) is 1. The summed E-state index contributed by atoms with van der Waals surface area (Å²) < 4.78 is 27.5. The highest BCUT2D eigenvalue weighted by Crippen LogP contribution is 2.56. The molecule has 6 rings (SSSR count). The molecule has 1 aliphatic heterocycles. The number of nitrogens with zero attached hydrogens (tertiary/aromatic N) is 7. The second-order valence-electron chi connectivity index (χ2n) is 9.90. The maximum absolute atomic E-state index is 12.9. The van der Waals surface area contributed by atoms with Gasteiger partial charge in [0.15, 0.2) is 5.82 Å². The van der Waals surface area contributed by atoms with Gasteiger partial charge in [0, 0.05) is 54.8 Å². The van der Waals surface area contributed by atoms with Gasteiger partial charge in [-0.15, -0.1) is 5.10 Å². The lowest BCUT2D eigenvalue weighted by atomic mass is 9.55. The van der Waals surface area contributed by atoms with Crippen molar-refractivity contribution in [1.29, 1.82) is 0 Å². The number of anilines is 4. The monoisotopic (exact) mass is 505 g/mol. The van der Waals surface area contributed by atoms with Crippen molar-refractivity contribution in [2.24, 2.45) is 12.5 Å². The fraction of sp³-hybridized carbons (Fsp3) is 0.320. The molecule has 2 fully saturated rings. The standard InChI is InChI=1S/C25H25F2N9O/c1-35-23(31-17-5-2-15(3-6-17)18-8-9-29-22(28)32-18)33-20(34-35)16-4-7-19(30-10-16)36-13-24(14-36)11-25(37,12-24)21(26)27/h2-10,21,37H,11-14H2,1H3,(H2,28,29,32)(H,31,33,34). The van der Waals surface area contributed by atoms with Crippen molar-refractivity contribution in [2.75, 3.05) is 29.0 Å². The summed E-state index contributed by atoms with van der Waals surface area (Å²) in [6.45, 7) is 1.24. The highest BCUT2D eigenvalue weighted by Gasteiger charge is 2.63. The smallest absolute Gasteiger partial charge is 0.266 e. The Morgan fingerprint density at radius 2 is 1.73 bits per heavy atom. The lowest BCUT2D eigenvalue weighted by molar-refractivity contribution is -0.209. The van der Waals surface area contributed by atoms with Crippen LogP contribution in [-0.2, 0) is 7.05 Å². The Kier molecular flexibility index (Phi) is 5.30. The molecular formula is C25H25F2N9O. The number of aliphatic hydroxyl groups is 1. The topological polar surface area (TPSA) is 131 Å². The number of hydrogen-bond acceptors (Lipinski definition) is 9. The van der Waals surface area contributed by atoms with Crippen LogP contribution in [0, 0.1) is 5.41 Å². The minimum Gasteiger partial charge on any atom is -0.384 e. The van der Waals surface area contributed by atoms with Gasteiger partial charge in [0.2, 0.25) is 11.9 Å². The van der Waals surface area contributed by atoms with Gasteiger partial charge in [-0.1, -0.05) is 12.1 Å². The number of benzene rings is 1. The molecule has 4 aromatic rings. The van der Waals surface area contributed by atoms with Gasteiger partial charge in [-0.25, -0.2) is 28.4 Å². The zero-order valence-corrected chi connectivity index (χ0v) is 20.0. The van der Waals surface area contributed by atoms with Gasteiger partial charge in [0.25, 0.3) is 6.43 Å². The number of alkyl halides is 2. The van der Waals surface area contributed by atoms with Crippen LogP contribution >= 0.6 is 0 Å². The van der Waals surface area contributed by atoms with Gasteiger partial charge in [0.05, 0.1) is 5.69 Å². The van der Waals surface area contributed by atoms with Crippen LogP contribution in [0.1, 0.15) is 12.8 Å². The zero-order chi connectivity index (χ0) is 25.8. The van der Waals surface area contributed by atoms with Crippen LogP contribution in [0.3, 0.4) is 0 Å². The minimum absolute atomic E-state index is 0.137. The third-order valence-corrected chi connectivity index (χ3v) is 7.03. The SMILES string of the molecule is Cn1nc(-c2ccc(N3CC4(C3)CC(O)(C(F)F)C4)nc2)nc1Nc1ccc(-c2ccnc(N)n2)cc1. The van der Waals surface area contributed by atoms with Gasteiger partial charge in [-0.3, -0.25) is 0 Å². The van der Waals surface area contributed by atoms with E-state index in [-0.39, 0.29) is 24.2 Å². The van der Waals surface area contributed by atoms with Crippen molar-refractivity contribution in [3.63, 3.8) is 0 Å². The predicted octanol–water partition coefficient (Wildman–Crippen LogP) is 3.26. The van der Waals surface area contributed by atoms with E-state index >= 15 is 0 Å². The van der Waals surface area contributed by atoms with Gasteiger partial charge in [-0.05, 0) is 43.2 Å². The summed E-state index contributed by atoms with van der Waals surface area (Å²) in [4.78, 5) is 19.3. The molecule has 0 atom stereocenters. The minimum atomic E-state index is -2.70. The van der Waals surface area contributed by atoms with Crippen LogP contribution in [0.5, 0.6) is 0 Å². The van der Waals surface area contributed by atoms with E-state index in [0.29, 0.717) is 24.9 Å². The molecule has 190 valence electrons. The van der Waals surface area contributed by atoms with Crippen LogP contribution in [0.25, 0.3) is 22.6 Å². The molecule has 1 saturated heterocycles. The zero-order valence-electron chi connectivity index (χ0n) is 20.0. The maximum atomic E-state index is 12.9. The number of aryl methyl sites for hydroxylation is 1. The maximum Gasteiger partial charge on any atom is 0.266 e. The van der Waals surface area contributed by atoms with Crippen molar-refractivity contribution in [1.82, 2.24) is 29.7 Å². The van der Waals surface area contributed by atoms with E-state index in [1.165, 1.54) is 0 Å². The Balaban J connectivity index is 1.10. The van der Waals surface area contributed by atoms with Gasteiger partial charge < -0.3 is 21.1 Å². The number of rotatable bonds is 6. The molecule has 2 aliphatic rings. The van der Waals surface area contributed by atoms with E-state index in [1.54, 1.807) is 30.2 Å². The second kappa shape index (κ2) is 8.44.